The molecule has 0 unspecified atom stereocenters. The van der Waals surface area contributed by atoms with Crippen LogP contribution in [0.5, 0.6) is 0 Å². The number of thioether (sulfide) groups is 1. The maximum atomic E-state index is 13.6. The Morgan fingerprint density at radius 1 is 1.04 bits per heavy atom. The largest absolute Gasteiger partial charge is 0.478 e. The Hall–Kier alpha value is -3.95. The lowest BCUT2D eigenvalue weighted by molar-refractivity contribution is -0.111. The summed E-state index contributed by atoms with van der Waals surface area (Å²) in [4.78, 5) is 44.5. The molecule has 8 nitrogen and oxygen atoms in total. The molecule has 0 bridgehead atoms. The zero-order valence-corrected chi connectivity index (χ0v) is 27.9. The van der Waals surface area contributed by atoms with E-state index in [1.807, 2.05) is 74.4 Å². The third kappa shape index (κ3) is 8.83. The van der Waals surface area contributed by atoms with Gasteiger partial charge in [0.1, 0.15) is 5.82 Å². The summed E-state index contributed by atoms with van der Waals surface area (Å²) in [5.41, 5.74) is 6.13. The second-order valence-electron chi connectivity index (χ2n) is 12.3. The Morgan fingerprint density at radius 3 is 2.40 bits per heavy atom. The first-order chi connectivity index (χ1) is 21.5. The van der Waals surface area contributed by atoms with Crippen molar-refractivity contribution in [3.05, 3.63) is 88.7 Å². The Kier molecular flexibility index (Phi) is 11.6. The van der Waals surface area contributed by atoms with Crippen molar-refractivity contribution >= 4 is 39.8 Å². The highest BCUT2D eigenvalue weighted by Gasteiger charge is 2.21. The van der Waals surface area contributed by atoms with Gasteiger partial charge in [-0.1, -0.05) is 75.0 Å². The van der Waals surface area contributed by atoms with E-state index < -0.39 is 5.97 Å². The maximum absolute atomic E-state index is 13.6. The van der Waals surface area contributed by atoms with Crippen LogP contribution in [0.2, 0.25) is 0 Å². The molecular weight excluding hydrogens is 584 g/mol. The van der Waals surface area contributed by atoms with Gasteiger partial charge in [-0.2, -0.15) is 0 Å². The number of amides is 1. The average Bonchev–Trinajstić information content (AvgIpc) is 3.33. The fourth-order valence-electron chi connectivity index (χ4n) is 5.56. The van der Waals surface area contributed by atoms with Gasteiger partial charge in [0.2, 0.25) is 5.12 Å². The third-order valence-electron chi connectivity index (χ3n) is 7.60. The maximum Gasteiger partial charge on any atom is 0.336 e. The lowest BCUT2D eigenvalue weighted by Crippen LogP contribution is -2.38. The lowest BCUT2D eigenvalue weighted by Gasteiger charge is -2.21. The Morgan fingerprint density at radius 2 is 1.76 bits per heavy atom. The van der Waals surface area contributed by atoms with Gasteiger partial charge in [-0.25, -0.2) is 9.78 Å². The number of carboxylic acids is 1. The molecular formula is C36H44N4O4S. The number of rotatable bonds is 14. The van der Waals surface area contributed by atoms with Crippen molar-refractivity contribution in [1.29, 1.82) is 0 Å². The summed E-state index contributed by atoms with van der Waals surface area (Å²) in [5, 5.41) is 12.9. The van der Waals surface area contributed by atoms with Crippen molar-refractivity contribution in [3.63, 3.8) is 0 Å². The number of hydrogen-bond acceptors (Lipinski definition) is 6. The summed E-state index contributed by atoms with van der Waals surface area (Å²) in [6.07, 6.45) is 2.51. The SMILES string of the molecule is CCCc1nc2c(C)cc(C(=O)N[C@@H](CSC(=O)CN(C)C)CC(C)C)cc2n1Cc1ccc(-c2ccccc2C(=O)O)cc1. The number of carboxylic acid groups (broad SMARTS) is 1. The number of aromatic nitrogens is 2. The molecule has 2 N–H and O–H groups in total. The van der Waals surface area contributed by atoms with E-state index in [0.717, 1.165) is 52.8 Å². The van der Waals surface area contributed by atoms with Gasteiger partial charge < -0.3 is 19.9 Å². The van der Waals surface area contributed by atoms with Crippen LogP contribution in [-0.4, -0.2) is 69.0 Å². The van der Waals surface area contributed by atoms with Crippen molar-refractivity contribution in [2.24, 2.45) is 5.92 Å². The summed E-state index contributed by atoms with van der Waals surface area (Å²) in [6.45, 7) is 9.28. The first-order valence-electron chi connectivity index (χ1n) is 15.5. The second kappa shape index (κ2) is 15.4. The molecule has 1 amide bonds. The molecule has 238 valence electrons. The number of aromatic carboxylic acids is 1. The van der Waals surface area contributed by atoms with Gasteiger partial charge in [-0.05, 0) is 80.2 Å². The molecule has 4 rings (SSSR count). The zero-order valence-electron chi connectivity index (χ0n) is 27.1. The van der Waals surface area contributed by atoms with Gasteiger partial charge in [0.15, 0.2) is 0 Å². The predicted octanol–water partition coefficient (Wildman–Crippen LogP) is 6.68. The number of nitrogens with zero attached hydrogens (tertiary/aromatic N) is 3. The van der Waals surface area contributed by atoms with Crippen LogP contribution >= 0.6 is 11.8 Å². The Labute approximate surface area is 270 Å². The van der Waals surface area contributed by atoms with E-state index >= 15 is 0 Å². The number of imidazole rings is 1. The summed E-state index contributed by atoms with van der Waals surface area (Å²) < 4.78 is 2.18. The van der Waals surface area contributed by atoms with Crippen LogP contribution in [0, 0.1) is 12.8 Å². The van der Waals surface area contributed by atoms with E-state index in [2.05, 4.69) is 30.7 Å². The van der Waals surface area contributed by atoms with Gasteiger partial charge in [0.25, 0.3) is 5.91 Å². The number of aryl methyl sites for hydroxylation is 2. The molecule has 0 aliphatic carbocycles. The quantitative estimate of drug-likeness (QED) is 0.161. The smallest absolute Gasteiger partial charge is 0.336 e. The average molecular weight is 629 g/mol. The van der Waals surface area contributed by atoms with Gasteiger partial charge in [-0.15, -0.1) is 0 Å². The molecule has 1 atom stereocenters. The van der Waals surface area contributed by atoms with Crippen molar-refractivity contribution < 1.29 is 19.5 Å². The Balaban J connectivity index is 1.62. The van der Waals surface area contributed by atoms with E-state index in [9.17, 15) is 19.5 Å². The normalized spacial score (nSPS) is 12.2. The van der Waals surface area contributed by atoms with Crippen LogP contribution in [0.3, 0.4) is 0 Å². The number of hydrogen-bond donors (Lipinski definition) is 2. The van der Waals surface area contributed by atoms with Gasteiger partial charge in [0, 0.05) is 30.3 Å². The summed E-state index contributed by atoms with van der Waals surface area (Å²) >= 11 is 1.27. The monoisotopic (exact) mass is 628 g/mol. The van der Waals surface area contributed by atoms with Crippen LogP contribution in [-0.2, 0) is 17.8 Å². The van der Waals surface area contributed by atoms with E-state index in [-0.39, 0.29) is 22.6 Å². The molecule has 4 aromatic rings. The van der Waals surface area contributed by atoms with Gasteiger partial charge >= 0.3 is 5.97 Å². The first kappa shape index (κ1) is 33.9. The fourth-order valence-corrected chi connectivity index (χ4v) is 6.52. The summed E-state index contributed by atoms with van der Waals surface area (Å²) in [5.74, 6) is 0.750. The summed E-state index contributed by atoms with van der Waals surface area (Å²) in [6, 6.07) is 18.7. The highest BCUT2D eigenvalue weighted by Crippen LogP contribution is 2.27. The molecule has 0 spiro atoms. The van der Waals surface area contributed by atoms with E-state index in [0.29, 0.717) is 35.9 Å². The van der Waals surface area contributed by atoms with E-state index in [4.69, 9.17) is 4.98 Å². The van der Waals surface area contributed by atoms with Gasteiger partial charge in [0.05, 0.1) is 23.1 Å². The number of nitrogens with one attached hydrogen (secondary N) is 1. The fraction of sp³-hybridized carbons (Fsp3) is 0.389. The standard InChI is InChI=1S/C36H44N4O4S/c1-7-10-32-38-34-24(4)18-27(35(42)37-28(17-23(2)3)22-45-33(41)21-39(5)6)19-31(34)40(32)20-25-13-15-26(16-14-25)29-11-8-9-12-30(29)36(43)44/h8-9,11-16,18-19,23,28H,7,10,17,20-22H2,1-6H3,(H,37,42)(H,43,44)/t28-/m1/s1. The number of carbonyl (C=O) groups is 3. The molecule has 1 heterocycles. The van der Waals surface area contributed by atoms with Crippen LogP contribution in [0.25, 0.3) is 22.2 Å². The molecule has 0 saturated carbocycles. The first-order valence-corrected chi connectivity index (χ1v) is 16.5. The molecule has 0 aliphatic heterocycles. The zero-order chi connectivity index (χ0) is 32.7. The molecule has 0 radical (unpaired) electrons. The van der Waals surface area contributed by atoms with Gasteiger partial charge in [-0.3, -0.25) is 9.59 Å². The Bertz CT molecular complexity index is 1660. The van der Waals surface area contributed by atoms with E-state index in [1.54, 1.807) is 12.1 Å². The third-order valence-corrected chi connectivity index (χ3v) is 8.62. The number of carbonyl (C=O) groups excluding carboxylic acids is 2. The van der Waals surface area contributed by atoms with Crippen molar-refractivity contribution in [2.45, 2.75) is 59.5 Å². The van der Waals surface area contributed by atoms with Crippen LogP contribution in [0.15, 0.2) is 60.7 Å². The molecule has 3 aromatic carbocycles. The molecule has 0 saturated heterocycles. The number of likely N-dealkylation sites (N-methyl/N-ethyl adjacent to an activating group) is 1. The van der Waals surface area contributed by atoms with Crippen molar-refractivity contribution in [3.8, 4) is 11.1 Å². The van der Waals surface area contributed by atoms with Crippen LogP contribution < -0.4 is 5.32 Å². The van der Waals surface area contributed by atoms with Crippen LogP contribution in [0.4, 0.5) is 0 Å². The minimum absolute atomic E-state index is 0.0896. The van der Waals surface area contributed by atoms with Crippen LogP contribution in [0.1, 0.15) is 71.3 Å². The second-order valence-corrected chi connectivity index (χ2v) is 13.4. The van der Waals surface area contributed by atoms with Crippen molar-refractivity contribution in [1.82, 2.24) is 19.8 Å². The van der Waals surface area contributed by atoms with E-state index in [1.165, 1.54) is 11.8 Å². The molecule has 45 heavy (non-hydrogen) atoms. The molecule has 0 fully saturated rings. The molecule has 0 aliphatic rings. The topological polar surface area (TPSA) is 105 Å². The minimum Gasteiger partial charge on any atom is -0.478 e. The highest BCUT2D eigenvalue weighted by atomic mass is 32.2. The lowest BCUT2D eigenvalue weighted by atomic mass is 9.98. The minimum atomic E-state index is -0.953. The van der Waals surface area contributed by atoms with Crippen molar-refractivity contribution in [2.75, 3.05) is 26.4 Å². The number of benzene rings is 3. The molecule has 9 heteroatoms. The number of fused-ring (bicyclic) bond motifs is 1. The predicted molar refractivity (Wildman–Crippen MR) is 183 cm³/mol. The molecule has 1 aromatic heterocycles. The highest BCUT2D eigenvalue weighted by molar-refractivity contribution is 8.13. The summed E-state index contributed by atoms with van der Waals surface area (Å²) in [7, 11) is 3.75.